The van der Waals surface area contributed by atoms with E-state index in [1.54, 1.807) is 24.3 Å². The maximum atomic E-state index is 13.8. The molecule has 2 aliphatic rings. The van der Waals surface area contributed by atoms with Gasteiger partial charge in [0.15, 0.2) is 0 Å². The summed E-state index contributed by atoms with van der Waals surface area (Å²) in [5.41, 5.74) is 2.31. The lowest BCUT2D eigenvalue weighted by Gasteiger charge is -2.46. The Labute approximate surface area is 173 Å². The lowest BCUT2D eigenvalue weighted by molar-refractivity contribution is -0.317. The first-order valence-corrected chi connectivity index (χ1v) is 11.2. The molecule has 29 heavy (non-hydrogen) atoms. The van der Waals surface area contributed by atoms with Crippen molar-refractivity contribution >= 4 is 10.0 Å². The molecule has 1 unspecified atom stereocenters. The highest BCUT2D eigenvalue weighted by Gasteiger charge is 2.60. The third kappa shape index (κ3) is 3.44. The normalized spacial score (nSPS) is 24.1. The van der Waals surface area contributed by atoms with Gasteiger partial charge in [0.25, 0.3) is 5.91 Å². The first-order chi connectivity index (χ1) is 13.7. The summed E-state index contributed by atoms with van der Waals surface area (Å²) in [6.07, 6.45) is 0.440. The highest BCUT2D eigenvalue weighted by Crippen LogP contribution is 2.52. The number of hydrogen-bond donors (Lipinski definition) is 0. The summed E-state index contributed by atoms with van der Waals surface area (Å²) in [6, 6.07) is 16.0. The quantitative estimate of drug-likeness (QED) is 0.700. The van der Waals surface area contributed by atoms with Crippen molar-refractivity contribution in [2.24, 2.45) is 5.41 Å². The van der Waals surface area contributed by atoms with Gasteiger partial charge in [-0.3, -0.25) is 0 Å². The number of rotatable bonds is 3. The van der Waals surface area contributed by atoms with Crippen LogP contribution in [0.3, 0.4) is 0 Å². The van der Waals surface area contributed by atoms with Gasteiger partial charge < -0.3 is 9.47 Å². The minimum absolute atomic E-state index is 0.199. The minimum Gasteiger partial charge on any atom is -0.332 e. The predicted octanol–water partition coefficient (Wildman–Crippen LogP) is 4.41. The van der Waals surface area contributed by atoms with Crippen molar-refractivity contribution in [2.75, 3.05) is 13.2 Å². The number of aryl methyl sites for hydroxylation is 1. The van der Waals surface area contributed by atoms with Crippen LogP contribution in [0.1, 0.15) is 37.4 Å². The minimum atomic E-state index is -3.91. The van der Waals surface area contributed by atoms with Gasteiger partial charge in [0.05, 0.1) is 24.2 Å². The number of nitrogens with zero attached hydrogens (tertiary/aromatic N) is 1. The Morgan fingerprint density at radius 1 is 1.00 bits per heavy atom. The zero-order valence-corrected chi connectivity index (χ0v) is 17.9. The monoisotopic (exact) mass is 413 g/mol. The molecule has 6 heteroatoms. The van der Waals surface area contributed by atoms with E-state index in [9.17, 15) is 8.42 Å². The zero-order valence-electron chi connectivity index (χ0n) is 17.1. The molecule has 0 saturated carbocycles. The summed E-state index contributed by atoms with van der Waals surface area (Å²) in [5, 5.41) is 0. The third-order valence-corrected chi connectivity index (χ3v) is 7.42. The Kier molecular flexibility index (Phi) is 4.94. The van der Waals surface area contributed by atoms with Crippen molar-refractivity contribution in [2.45, 2.75) is 44.0 Å². The second-order valence-corrected chi connectivity index (χ2v) is 10.5. The van der Waals surface area contributed by atoms with Gasteiger partial charge in [-0.05, 0) is 31.0 Å². The molecule has 2 aromatic carbocycles. The molecule has 0 amide bonds. The van der Waals surface area contributed by atoms with Gasteiger partial charge in [0, 0.05) is 11.0 Å². The first-order valence-electron chi connectivity index (χ1n) is 9.78. The van der Waals surface area contributed by atoms with E-state index in [2.05, 4.69) is 6.58 Å². The van der Waals surface area contributed by atoms with Crippen LogP contribution in [0, 0.1) is 12.3 Å². The van der Waals surface area contributed by atoms with Crippen molar-refractivity contribution in [1.82, 2.24) is 4.31 Å². The maximum absolute atomic E-state index is 13.8. The topological polar surface area (TPSA) is 55.8 Å². The molecular formula is C23H27NO4S. The molecular weight excluding hydrogens is 386 g/mol. The standard InChI is InChI=1S/C23H27NO4S/c1-17-10-12-20(13-11-17)29(25,26)24-21(19-8-6-5-7-9-19)14-18(2)23(24)27-15-22(3,4)16-28-23/h5-13,21H,2,14-16H2,1,3-4H3. The largest absolute Gasteiger partial charge is 0.332 e. The molecule has 0 N–H and O–H groups in total. The van der Waals surface area contributed by atoms with Crippen molar-refractivity contribution in [3.05, 3.63) is 77.9 Å². The molecule has 4 rings (SSSR count). The highest BCUT2D eigenvalue weighted by atomic mass is 32.2. The van der Waals surface area contributed by atoms with E-state index >= 15 is 0 Å². The van der Waals surface area contributed by atoms with Gasteiger partial charge in [-0.1, -0.05) is 68.5 Å². The number of sulfonamides is 1. The lowest BCUT2D eigenvalue weighted by Crippen LogP contribution is -2.58. The van der Waals surface area contributed by atoms with Crippen molar-refractivity contribution in [1.29, 1.82) is 0 Å². The highest BCUT2D eigenvalue weighted by molar-refractivity contribution is 7.89. The van der Waals surface area contributed by atoms with Crippen LogP contribution in [0.25, 0.3) is 0 Å². The van der Waals surface area contributed by atoms with Crippen LogP contribution in [0.2, 0.25) is 0 Å². The Morgan fingerprint density at radius 3 is 2.17 bits per heavy atom. The molecule has 0 aliphatic carbocycles. The molecule has 2 saturated heterocycles. The summed E-state index contributed by atoms with van der Waals surface area (Å²) in [5.74, 6) is -1.49. The summed E-state index contributed by atoms with van der Waals surface area (Å²) in [4.78, 5) is 0.218. The van der Waals surface area contributed by atoms with Crippen LogP contribution in [0.4, 0.5) is 0 Å². The van der Waals surface area contributed by atoms with Crippen LogP contribution in [0.15, 0.2) is 71.6 Å². The zero-order chi connectivity index (χ0) is 20.9. The summed E-state index contributed by atoms with van der Waals surface area (Å²) in [6.45, 7) is 10.9. The van der Waals surface area contributed by atoms with Gasteiger partial charge in [0.1, 0.15) is 0 Å². The fraction of sp³-hybridized carbons (Fsp3) is 0.391. The molecule has 2 heterocycles. The number of ether oxygens (including phenoxy) is 2. The predicted molar refractivity (Wildman–Crippen MR) is 112 cm³/mol. The molecule has 2 fully saturated rings. The average molecular weight is 414 g/mol. The lowest BCUT2D eigenvalue weighted by atomic mass is 9.95. The molecule has 0 radical (unpaired) electrons. The van der Waals surface area contributed by atoms with Crippen LogP contribution >= 0.6 is 0 Å². The van der Waals surface area contributed by atoms with E-state index in [0.717, 1.165) is 11.1 Å². The van der Waals surface area contributed by atoms with Crippen molar-refractivity contribution in [3.63, 3.8) is 0 Å². The summed E-state index contributed by atoms with van der Waals surface area (Å²) >= 11 is 0. The van der Waals surface area contributed by atoms with E-state index in [4.69, 9.17) is 9.47 Å². The van der Waals surface area contributed by atoms with Gasteiger partial charge in [-0.2, -0.15) is 0 Å². The molecule has 154 valence electrons. The SMILES string of the molecule is C=C1CC(c2ccccc2)N(S(=O)(=O)c2ccc(C)cc2)C12OCC(C)(C)CO2. The van der Waals surface area contributed by atoms with E-state index in [1.165, 1.54) is 4.31 Å². The molecule has 2 aromatic rings. The molecule has 1 atom stereocenters. The molecule has 0 aromatic heterocycles. The average Bonchev–Trinajstić information content (AvgIpc) is 2.98. The molecule has 5 nitrogen and oxygen atoms in total. The summed E-state index contributed by atoms with van der Waals surface area (Å²) in [7, 11) is -3.91. The Morgan fingerprint density at radius 2 is 1.59 bits per heavy atom. The van der Waals surface area contributed by atoms with Gasteiger partial charge in [0.2, 0.25) is 10.0 Å². The van der Waals surface area contributed by atoms with Crippen LogP contribution < -0.4 is 0 Å². The first kappa shape index (κ1) is 20.3. The summed E-state index contributed by atoms with van der Waals surface area (Å²) < 4.78 is 41.4. The molecule has 2 aliphatic heterocycles. The van der Waals surface area contributed by atoms with Gasteiger partial charge in [-0.25, -0.2) is 8.42 Å². The maximum Gasteiger partial charge on any atom is 0.267 e. The van der Waals surface area contributed by atoms with E-state index in [0.29, 0.717) is 25.2 Å². The van der Waals surface area contributed by atoms with Crippen molar-refractivity contribution in [3.8, 4) is 0 Å². The van der Waals surface area contributed by atoms with Crippen LogP contribution in [0.5, 0.6) is 0 Å². The van der Waals surface area contributed by atoms with E-state index < -0.39 is 22.0 Å². The van der Waals surface area contributed by atoms with Crippen LogP contribution in [-0.4, -0.2) is 31.8 Å². The fourth-order valence-electron chi connectivity index (χ4n) is 3.89. The smallest absolute Gasteiger partial charge is 0.267 e. The van der Waals surface area contributed by atoms with Gasteiger partial charge >= 0.3 is 0 Å². The second-order valence-electron chi connectivity index (χ2n) is 8.67. The van der Waals surface area contributed by atoms with Gasteiger partial charge in [-0.15, -0.1) is 4.31 Å². The van der Waals surface area contributed by atoms with E-state index in [1.807, 2.05) is 51.1 Å². The molecule has 0 bridgehead atoms. The third-order valence-electron chi connectivity index (χ3n) is 5.54. The Balaban J connectivity index is 1.85. The number of benzene rings is 2. The second kappa shape index (κ2) is 7.06. The fourth-order valence-corrected chi connectivity index (χ4v) is 5.67. The molecule has 1 spiro atoms. The van der Waals surface area contributed by atoms with Crippen LogP contribution in [-0.2, 0) is 19.5 Å². The number of hydrogen-bond acceptors (Lipinski definition) is 4. The Bertz CT molecular complexity index is 1000. The Hall–Kier alpha value is -1.99. The van der Waals surface area contributed by atoms with E-state index in [-0.39, 0.29) is 10.3 Å². The van der Waals surface area contributed by atoms with Crippen molar-refractivity contribution < 1.29 is 17.9 Å².